The second kappa shape index (κ2) is 8.00. The van der Waals surface area contributed by atoms with Crippen LogP contribution in [-0.4, -0.2) is 51.0 Å². The van der Waals surface area contributed by atoms with Crippen LogP contribution < -0.4 is 15.5 Å². The van der Waals surface area contributed by atoms with Crippen LogP contribution in [0.5, 0.6) is 0 Å². The fourth-order valence-corrected chi connectivity index (χ4v) is 1.41. The van der Waals surface area contributed by atoms with Gasteiger partial charge in [-0.05, 0) is 24.3 Å². The first kappa shape index (κ1) is 15.8. The number of hydrogen-bond donors (Lipinski definition) is 3. The Hall–Kier alpha value is -2.28. The molecule has 0 spiro atoms. The third kappa shape index (κ3) is 6.05. The van der Waals surface area contributed by atoms with Gasteiger partial charge in [-0.2, -0.15) is 0 Å². The lowest BCUT2D eigenvalue weighted by molar-refractivity contribution is -0.142. The molecule has 7 nitrogen and oxygen atoms in total. The highest BCUT2D eigenvalue weighted by Crippen LogP contribution is 2.15. The van der Waals surface area contributed by atoms with Crippen molar-refractivity contribution >= 4 is 23.4 Å². The molecule has 3 N–H and O–H groups in total. The number of carbonyl (C=O) groups is 2. The van der Waals surface area contributed by atoms with E-state index in [4.69, 9.17) is 9.84 Å². The Balaban J connectivity index is 2.26. The number of aliphatic carboxylic acids is 1. The first-order valence-electron chi connectivity index (χ1n) is 6.11. The van der Waals surface area contributed by atoms with E-state index in [0.29, 0.717) is 5.69 Å². The van der Waals surface area contributed by atoms with E-state index in [-0.39, 0.29) is 25.8 Å². The van der Waals surface area contributed by atoms with Crippen molar-refractivity contribution in [2.75, 3.05) is 44.1 Å². The molecule has 110 valence electrons. The number of hydrogen-bond acceptors (Lipinski definition) is 4. The van der Waals surface area contributed by atoms with Gasteiger partial charge in [-0.25, -0.2) is 9.59 Å². The van der Waals surface area contributed by atoms with Crippen molar-refractivity contribution in [2.24, 2.45) is 0 Å². The van der Waals surface area contributed by atoms with Crippen LogP contribution in [0.25, 0.3) is 0 Å². The number of nitrogens with zero attached hydrogens (tertiary/aromatic N) is 1. The van der Waals surface area contributed by atoms with Gasteiger partial charge >= 0.3 is 12.0 Å². The van der Waals surface area contributed by atoms with Crippen LogP contribution in [0.4, 0.5) is 16.2 Å². The summed E-state index contributed by atoms with van der Waals surface area (Å²) in [7, 11) is 3.87. The standard InChI is InChI=1S/C13H19N3O4/c1-16(2)11-5-3-10(4-6-11)15-13(19)14-7-8-20-9-12(17)18/h3-6H,7-9H2,1-2H3,(H,17,18)(H2,14,15,19). The predicted molar refractivity (Wildman–Crippen MR) is 76.2 cm³/mol. The van der Waals surface area contributed by atoms with Crippen LogP contribution >= 0.6 is 0 Å². The zero-order chi connectivity index (χ0) is 15.0. The van der Waals surface area contributed by atoms with Gasteiger partial charge in [-0.3, -0.25) is 0 Å². The predicted octanol–water partition coefficient (Wildman–Crippen LogP) is 0.975. The van der Waals surface area contributed by atoms with Crippen molar-refractivity contribution in [1.29, 1.82) is 0 Å². The van der Waals surface area contributed by atoms with E-state index in [2.05, 4.69) is 10.6 Å². The quantitative estimate of drug-likeness (QED) is 0.648. The van der Waals surface area contributed by atoms with Gasteiger partial charge in [-0.15, -0.1) is 0 Å². The van der Waals surface area contributed by atoms with Gasteiger partial charge in [-0.1, -0.05) is 0 Å². The summed E-state index contributed by atoms with van der Waals surface area (Å²) in [6.45, 7) is 0.0312. The molecule has 0 aliphatic carbocycles. The molecule has 1 rings (SSSR count). The zero-order valence-corrected chi connectivity index (χ0v) is 11.5. The number of ether oxygens (including phenoxy) is 1. The minimum absolute atomic E-state index is 0.152. The largest absolute Gasteiger partial charge is 0.480 e. The van der Waals surface area contributed by atoms with Crippen molar-refractivity contribution in [3.63, 3.8) is 0 Å². The van der Waals surface area contributed by atoms with Gasteiger partial charge in [0, 0.05) is 32.0 Å². The number of anilines is 2. The molecule has 0 heterocycles. The molecule has 0 saturated heterocycles. The summed E-state index contributed by atoms with van der Waals surface area (Å²) in [6.07, 6.45) is 0. The van der Waals surface area contributed by atoms with E-state index >= 15 is 0 Å². The molecular formula is C13H19N3O4. The fraction of sp³-hybridized carbons (Fsp3) is 0.385. The summed E-state index contributed by atoms with van der Waals surface area (Å²) in [5, 5.41) is 13.6. The van der Waals surface area contributed by atoms with E-state index in [9.17, 15) is 9.59 Å². The minimum Gasteiger partial charge on any atom is -0.480 e. The average molecular weight is 281 g/mol. The molecule has 20 heavy (non-hydrogen) atoms. The van der Waals surface area contributed by atoms with Gasteiger partial charge in [0.1, 0.15) is 6.61 Å². The first-order chi connectivity index (χ1) is 9.49. The Bertz CT molecular complexity index is 445. The van der Waals surface area contributed by atoms with Crippen LogP contribution in [0.1, 0.15) is 0 Å². The Labute approximate surface area is 117 Å². The molecule has 0 saturated carbocycles. The van der Waals surface area contributed by atoms with E-state index in [0.717, 1.165) is 5.69 Å². The first-order valence-corrected chi connectivity index (χ1v) is 6.11. The molecule has 1 aromatic rings. The Morgan fingerprint density at radius 3 is 2.45 bits per heavy atom. The van der Waals surface area contributed by atoms with Gasteiger partial charge in [0.25, 0.3) is 0 Å². The summed E-state index contributed by atoms with van der Waals surface area (Å²) in [4.78, 5) is 23.7. The Kier molecular flexibility index (Phi) is 6.31. The van der Waals surface area contributed by atoms with Crippen molar-refractivity contribution in [2.45, 2.75) is 0 Å². The molecule has 0 aromatic heterocycles. The molecule has 0 aliphatic heterocycles. The van der Waals surface area contributed by atoms with Crippen molar-refractivity contribution in [3.8, 4) is 0 Å². The smallest absolute Gasteiger partial charge is 0.329 e. The summed E-state index contributed by atoms with van der Waals surface area (Å²) >= 11 is 0. The Morgan fingerprint density at radius 2 is 1.90 bits per heavy atom. The zero-order valence-electron chi connectivity index (χ0n) is 11.5. The molecule has 2 amide bonds. The molecule has 0 radical (unpaired) electrons. The third-order valence-electron chi connectivity index (χ3n) is 2.40. The highest BCUT2D eigenvalue weighted by atomic mass is 16.5. The molecule has 1 aromatic carbocycles. The summed E-state index contributed by atoms with van der Waals surface area (Å²) in [6, 6.07) is 7.03. The molecule has 0 unspecified atom stereocenters. The van der Waals surface area contributed by atoms with Gasteiger partial charge in [0.2, 0.25) is 0 Å². The van der Waals surface area contributed by atoms with Gasteiger partial charge in [0.15, 0.2) is 0 Å². The molecule has 0 bridgehead atoms. The maximum absolute atomic E-state index is 11.5. The summed E-state index contributed by atoms with van der Waals surface area (Å²) in [5.74, 6) is -1.03. The van der Waals surface area contributed by atoms with Crippen LogP contribution in [0.2, 0.25) is 0 Å². The summed E-state index contributed by atoms with van der Waals surface area (Å²) in [5.41, 5.74) is 1.72. The highest BCUT2D eigenvalue weighted by Gasteiger charge is 2.02. The SMILES string of the molecule is CN(C)c1ccc(NC(=O)NCCOCC(=O)O)cc1. The topological polar surface area (TPSA) is 90.9 Å². The molecule has 0 fully saturated rings. The number of carbonyl (C=O) groups excluding carboxylic acids is 1. The number of nitrogens with one attached hydrogen (secondary N) is 2. The fourth-order valence-electron chi connectivity index (χ4n) is 1.41. The number of carboxylic acids is 1. The van der Waals surface area contributed by atoms with E-state index in [1.165, 1.54) is 0 Å². The number of amides is 2. The number of benzene rings is 1. The van der Waals surface area contributed by atoms with Crippen molar-refractivity contribution in [3.05, 3.63) is 24.3 Å². The molecule has 0 atom stereocenters. The highest BCUT2D eigenvalue weighted by molar-refractivity contribution is 5.89. The normalized spacial score (nSPS) is 9.90. The van der Waals surface area contributed by atoms with Gasteiger partial charge < -0.3 is 25.4 Å². The monoisotopic (exact) mass is 281 g/mol. The molecular weight excluding hydrogens is 262 g/mol. The average Bonchev–Trinajstić information content (AvgIpc) is 2.38. The second-order valence-corrected chi connectivity index (χ2v) is 4.27. The lowest BCUT2D eigenvalue weighted by atomic mass is 10.2. The van der Waals surface area contributed by atoms with Crippen LogP contribution in [0, 0.1) is 0 Å². The lowest BCUT2D eigenvalue weighted by Crippen LogP contribution is -2.31. The Morgan fingerprint density at radius 1 is 1.25 bits per heavy atom. The van der Waals surface area contributed by atoms with Gasteiger partial charge in [0.05, 0.1) is 6.61 Å². The lowest BCUT2D eigenvalue weighted by Gasteiger charge is -2.13. The van der Waals surface area contributed by atoms with E-state index in [1.807, 2.05) is 31.1 Å². The number of rotatable bonds is 7. The van der Waals surface area contributed by atoms with Crippen LogP contribution in [-0.2, 0) is 9.53 Å². The van der Waals surface area contributed by atoms with Crippen molar-refractivity contribution < 1.29 is 19.4 Å². The maximum Gasteiger partial charge on any atom is 0.329 e. The molecule has 0 aliphatic rings. The molecule has 7 heteroatoms. The van der Waals surface area contributed by atoms with Crippen LogP contribution in [0.3, 0.4) is 0 Å². The number of urea groups is 1. The van der Waals surface area contributed by atoms with E-state index < -0.39 is 5.97 Å². The number of carboxylic acid groups (broad SMARTS) is 1. The summed E-state index contributed by atoms with van der Waals surface area (Å²) < 4.78 is 4.79. The maximum atomic E-state index is 11.5. The minimum atomic E-state index is -1.03. The van der Waals surface area contributed by atoms with E-state index in [1.54, 1.807) is 12.1 Å². The second-order valence-electron chi connectivity index (χ2n) is 4.27. The third-order valence-corrected chi connectivity index (χ3v) is 2.40. The van der Waals surface area contributed by atoms with Crippen molar-refractivity contribution in [1.82, 2.24) is 5.32 Å². The van der Waals surface area contributed by atoms with Crippen LogP contribution in [0.15, 0.2) is 24.3 Å².